The molecule has 2 rings (SSSR count). The zero-order valence-electron chi connectivity index (χ0n) is 14.4. The van der Waals surface area contributed by atoms with Gasteiger partial charge in [-0.3, -0.25) is 0 Å². The number of thioether (sulfide) groups is 1. The second-order valence-corrected chi connectivity index (χ2v) is 7.06. The van der Waals surface area contributed by atoms with Crippen molar-refractivity contribution in [1.82, 2.24) is 14.8 Å². The molecule has 0 aliphatic heterocycles. The SMILES string of the molecule is CCn1nc(C(F)(F)F)nc1N(C(=O)OC)c1cc(Cl)c(SC(F)(F)F)cc1Cl. The van der Waals surface area contributed by atoms with Gasteiger partial charge in [0, 0.05) is 11.4 Å². The van der Waals surface area contributed by atoms with Crippen LogP contribution < -0.4 is 4.90 Å². The minimum absolute atomic E-state index is 0.126. The fraction of sp³-hybridized carbons (Fsp3) is 0.357. The number of methoxy groups -OCH3 is 1. The van der Waals surface area contributed by atoms with Crippen molar-refractivity contribution < 1.29 is 35.9 Å². The predicted molar refractivity (Wildman–Crippen MR) is 93.6 cm³/mol. The number of hydrogen-bond acceptors (Lipinski definition) is 5. The quantitative estimate of drug-likeness (QED) is 0.386. The maximum Gasteiger partial charge on any atom is 0.453 e. The van der Waals surface area contributed by atoms with Crippen molar-refractivity contribution in [2.24, 2.45) is 0 Å². The highest BCUT2D eigenvalue weighted by molar-refractivity contribution is 8.00. The van der Waals surface area contributed by atoms with Gasteiger partial charge in [-0.15, -0.1) is 5.10 Å². The van der Waals surface area contributed by atoms with Gasteiger partial charge in [0.1, 0.15) is 0 Å². The molecule has 0 N–H and O–H groups in total. The molecule has 1 aromatic heterocycles. The van der Waals surface area contributed by atoms with Crippen LogP contribution in [0, 0.1) is 0 Å². The highest BCUT2D eigenvalue weighted by Crippen LogP contribution is 2.45. The van der Waals surface area contributed by atoms with Gasteiger partial charge in [0.2, 0.25) is 5.95 Å². The average molecular weight is 483 g/mol. The predicted octanol–water partition coefficient (Wildman–Crippen LogP) is 6.14. The number of nitrogens with zero attached hydrogens (tertiary/aromatic N) is 4. The van der Waals surface area contributed by atoms with Crippen molar-refractivity contribution in [2.75, 3.05) is 12.0 Å². The van der Waals surface area contributed by atoms with Crippen LogP contribution in [0.2, 0.25) is 10.0 Å². The van der Waals surface area contributed by atoms with Crippen LogP contribution in [0.25, 0.3) is 0 Å². The van der Waals surface area contributed by atoms with Crippen molar-refractivity contribution >= 4 is 52.7 Å². The van der Waals surface area contributed by atoms with E-state index < -0.39 is 56.3 Å². The van der Waals surface area contributed by atoms with Gasteiger partial charge < -0.3 is 4.74 Å². The number of carbonyl (C=O) groups excluding carboxylic acids is 1. The molecule has 2 aromatic rings. The smallest absolute Gasteiger partial charge is 0.452 e. The van der Waals surface area contributed by atoms with Gasteiger partial charge in [-0.25, -0.2) is 14.4 Å². The highest BCUT2D eigenvalue weighted by Gasteiger charge is 2.39. The van der Waals surface area contributed by atoms with Gasteiger partial charge in [0.25, 0.3) is 5.82 Å². The maximum atomic E-state index is 13.0. The number of carbonyl (C=O) groups is 1. The molecule has 0 bridgehead atoms. The third-order valence-corrected chi connectivity index (χ3v) is 4.75. The second kappa shape index (κ2) is 8.48. The van der Waals surface area contributed by atoms with E-state index in [1.165, 1.54) is 6.92 Å². The first-order valence-electron chi connectivity index (χ1n) is 7.43. The normalized spacial score (nSPS) is 12.2. The first-order chi connectivity index (χ1) is 13.3. The maximum absolute atomic E-state index is 13.0. The molecular weight excluding hydrogens is 473 g/mol. The van der Waals surface area contributed by atoms with Crippen molar-refractivity contribution in [2.45, 2.75) is 30.0 Å². The monoisotopic (exact) mass is 482 g/mol. The van der Waals surface area contributed by atoms with Gasteiger partial charge >= 0.3 is 17.8 Å². The fourth-order valence-electron chi connectivity index (χ4n) is 2.10. The Labute approximate surface area is 173 Å². The summed E-state index contributed by atoms with van der Waals surface area (Å²) in [6.45, 7) is 1.31. The number of aromatic nitrogens is 3. The van der Waals surface area contributed by atoms with E-state index in [-0.39, 0.29) is 12.2 Å². The zero-order valence-corrected chi connectivity index (χ0v) is 16.7. The minimum Gasteiger partial charge on any atom is -0.452 e. The lowest BCUT2D eigenvalue weighted by atomic mass is 10.3. The minimum atomic E-state index is -4.91. The summed E-state index contributed by atoms with van der Waals surface area (Å²) < 4.78 is 82.1. The molecule has 0 aliphatic rings. The molecule has 0 unspecified atom stereocenters. The molecule has 0 spiro atoms. The van der Waals surface area contributed by atoms with Gasteiger partial charge in [-0.1, -0.05) is 23.2 Å². The number of benzene rings is 1. The molecule has 0 saturated carbocycles. The van der Waals surface area contributed by atoms with E-state index in [0.29, 0.717) is 4.90 Å². The Kier molecular flexibility index (Phi) is 6.85. The highest BCUT2D eigenvalue weighted by atomic mass is 35.5. The Balaban J connectivity index is 2.65. The summed E-state index contributed by atoms with van der Waals surface area (Å²) in [6, 6.07) is 1.71. The van der Waals surface area contributed by atoms with E-state index in [1.807, 2.05) is 0 Å². The Hall–Kier alpha value is -1.86. The van der Waals surface area contributed by atoms with Gasteiger partial charge in [0.05, 0.1) is 22.8 Å². The molecule has 1 heterocycles. The number of hydrogen-bond donors (Lipinski definition) is 0. The fourth-order valence-corrected chi connectivity index (χ4v) is 3.27. The molecule has 15 heteroatoms. The number of halogens is 8. The average Bonchev–Trinajstić information content (AvgIpc) is 3.02. The van der Waals surface area contributed by atoms with Gasteiger partial charge in [-0.2, -0.15) is 31.3 Å². The summed E-state index contributed by atoms with van der Waals surface area (Å²) in [7, 11) is 0.941. The second-order valence-electron chi connectivity index (χ2n) is 5.14. The summed E-state index contributed by atoms with van der Waals surface area (Å²) in [5.74, 6) is -2.14. The first kappa shape index (κ1) is 23.4. The summed E-state index contributed by atoms with van der Waals surface area (Å²) >= 11 is 11.3. The van der Waals surface area contributed by atoms with E-state index in [2.05, 4.69) is 14.8 Å². The zero-order chi connectivity index (χ0) is 22.1. The lowest BCUT2D eigenvalue weighted by Gasteiger charge is -2.22. The number of alkyl halides is 6. The third kappa shape index (κ3) is 5.39. The van der Waals surface area contributed by atoms with Crippen LogP contribution in [0.5, 0.6) is 0 Å². The van der Waals surface area contributed by atoms with Crippen LogP contribution in [-0.2, 0) is 17.5 Å². The lowest BCUT2D eigenvalue weighted by Crippen LogP contribution is -2.29. The van der Waals surface area contributed by atoms with E-state index in [1.54, 1.807) is 0 Å². The molecule has 6 nitrogen and oxygen atoms in total. The van der Waals surface area contributed by atoms with E-state index in [0.717, 1.165) is 23.9 Å². The Bertz CT molecular complexity index is 919. The molecule has 0 saturated heterocycles. The molecule has 1 amide bonds. The lowest BCUT2D eigenvalue weighted by molar-refractivity contribution is -0.145. The summed E-state index contributed by atoms with van der Waals surface area (Å²) in [4.78, 5) is 15.7. The molecule has 0 fully saturated rings. The number of amides is 1. The number of rotatable bonds is 4. The van der Waals surface area contributed by atoms with Crippen LogP contribution in [0.4, 0.5) is 42.8 Å². The van der Waals surface area contributed by atoms with Gasteiger partial charge in [-0.05, 0) is 30.8 Å². The van der Waals surface area contributed by atoms with Crippen LogP contribution in [0.15, 0.2) is 17.0 Å². The molecule has 29 heavy (non-hydrogen) atoms. The molecule has 1 aromatic carbocycles. The molecule has 0 radical (unpaired) electrons. The Morgan fingerprint density at radius 1 is 1.21 bits per heavy atom. The van der Waals surface area contributed by atoms with Crippen molar-refractivity contribution in [3.05, 3.63) is 28.0 Å². The van der Waals surface area contributed by atoms with Crippen molar-refractivity contribution in [1.29, 1.82) is 0 Å². The van der Waals surface area contributed by atoms with Gasteiger partial charge in [0.15, 0.2) is 0 Å². The summed E-state index contributed by atoms with van der Waals surface area (Å²) in [5, 5.41) is 2.43. The largest absolute Gasteiger partial charge is 0.453 e. The standard InChI is InChI=1S/C14H10Cl2F6N4O2S/c1-3-25-11(23-10(24-25)13(17,18)19)26(12(27)28-2)8-4-7(16)9(5-6(8)15)29-14(20,21)22/h4-5H,3H2,1-2H3. The van der Waals surface area contributed by atoms with E-state index >= 15 is 0 Å². The number of ether oxygens (including phenoxy) is 1. The Morgan fingerprint density at radius 3 is 2.31 bits per heavy atom. The number of anilines is 2. The van der Waals surface area contributed by atoms with Crippen LogP contribution >= 0.6 is 35.0 Å². The van der Waals surface area contributed by atoms with Crippen molar-refractivity contribution in [3.8, 4) is 0 Å². The topological polar surface area (TPSA) is 60.2 Å². The van der Waals surface area contributed by atoms with E-state index in [9.17, 15) is 31.1 Å². The molecule has 0 atom stereocenters. The summed E-state index contributed by atoms with van der Waals surface area (Å²) in [5.41, 5.74) is -5.01. The number of aryl methyl sites for hydroxylation is 1. The summed E-state index contributed by atoms with van der Waals surface area (Å²) in [6.07, 6.45) is -6.12. The molecule has 160 valence electrons. The van der Waals surface area contributed by atoms with Crippen molar-refractivity contribution in [3.63, 3.8) is 0 Å². The third-order valence-electron chi connectivity index (χ3n) is 3.23. The molecule has 0 aliphatic carbocycles. The first-order valence-corrected chi connectivity index (χ1v) is 9.00. The Morgan fingerprint density at radius 2 is 1.83 bits per heavy atom. The van der Waals surface area contributed by atoms with Crippen LogP contribution in [0.1, 0.15) is 12.7 Å². The molecular formula is C14H10Cl2F6N4O2S. The van der Waals surface area contributed by atoms with Crippen LogP contribution in [0.3, 0.4) is 0 Å². The van der Waals surface area contributed by atoms with E-state index in [4.69, 9.17) is 23.2 Å². The van der Waals surface area contributed by atoms with Crippen LogP contribution in [-0.4, -0.2) is 33.5 Å².